The van der Waals surface area contributed by atoms with Crippen LogP contribution in [0.5, 0.6) is 5.88 Å². The van der Waals surface area contributed by atoms with E-state index < -0.39 is 0 Å². The minimum Gasteiger partial charge on any atom is -0.474 e. The SMILES string of the molecule is c1ccc(O[C@@H]2C[C@@H]3CC[C@@H](C3)C2)nc1. The fourth-order valence-electron chi connectivity index (χ4n) is 3.13. The first-order valence-corrected chi connectivity index (χ1v) is 5.98. The van der Waals surface area contributed by atoms with Crippen LogP contribution in [0.1, 0.15) is 32.1 Å². The van der Waals surface area contributed by atoms with Crippen LogP contribution in [-0.4, -0.2) is 11.1 Å². The Balaban J connectivity index is 1.65. The van der Waals surface area contributed by atoms with E-state index in [0.29, 0.717) is 6.10 Å². The molecule has 0 N–H and O–H groups in total. The molecule has 2 heteroatoms. The first-order chi connectivity index (χ1) is 7.40. The molecule has 0 aromatic carbocycles. The van der Waals surface area contributed by atoms with Crippen molar-refractivity contribution in [3.05, 3.63) is 24.4 Å². The van der Waals surface area contributed by atoms with Crippen molar-refractivity contribution < 1.29 is 4.74 Å². The number of rotatable bonds is 2. The summed E-state index contributed by atoms with van der Waals surface area (Å²) >= 11 is 0. The van der Waals surface area contributed by atoms with Crippen molar-refractivity contribution in [3.63, 3.8) is 0 Å². The number of hydrogen-bond donors (Lipinski definition) is 0. The van der Waals surface area contributed by atoms with Gasteiger partial charge < -0.3 is 4.74 Å². The predicted molar refractivity (Wildman–Crippen MR) is 58.7 cm³/mol. The zero-order valence-electron chi connectivity index (χ0n) is 8.93. The van der Waals surface area contributed by atoms with Gasteiger partial charge in [-0.05, 0) is 37.2 Å². The quantitative estimate of drug-likeness (QED) is 0.737. The van der Waals surface area contributed by atoms with E-state index in [2.05, 4.69) is 4.98 Å². The van der Waals surface area contributed by atoms with E-state index in [1.807, 2.05) is 18.2 Å². The molecule has 2 aliphatic carbocycles. The molecule has 2 nitrogen and oxygen atoms in total. The van der Waals surface area contributed by atoms with E-state index in [9.17, 15) is 0 Å². The average molecular weight is 203 g/mol. The van der Waals surface area contributed by atoms with Crippen molar-refractivity contribution >= 4 is 0 Å². The van der Waals surface area contributed by atoms with Crippen LogP contribution in [0, 0.1) is 11.8 Å². The molecule has 3 atom stereocenters. The van der Waals surface area contributed by atoms with Crippen molar-refractivity contribution in [3.8, 4) is 5.88 Å². The summed E-state index contributed by atoms with van der Waals surface area (Å²) in [4.78, 5) is 4.22. The summed E-state index contributed by atoms with van der Waals surface area (Å²) in [7, 11) is 0. The lowest BCUT2D eigenvalue weighted by Crippen LogP contribution is -2.26. The van der Waals surface area contributed by atoms with Crippen molar-refractivity contribution in [2.24, 2.45) is 11.8 Å². The molecule has 0 unspecified atom stereocenters. The molecule has 2 bridgehead atoms. The molecular formula is C13H17NO. The van der Waals surface area contributed by atoms with Gasteiger partial charge in [0.25, 0.3) is 0 Å². The predicted octanol–water partition coefficient (Wildman–Crippen LogP) is 3.04. The van der Waals surface area contributed by atoms with Gasteiger partial charge in [0.1, 0.15) is 6.10 Å². The second kappa shape index (κ2) is 3.84. The summed E-state index contributed by atoms with van der Waals surface area (Å²) in [6, 6.07) is 5.87. The summed E-state index contributed by atoms with van der Waals surface area (Å²) in [5, 5.41) is 0. The number of pyridine rings is 1. The van der Waals surface area contributed by atoms with Crippen LogP contribution in [0.3, 0.4) is 0 Å². The molecule has 0 spiro atoms. The summed E-state index contributed by atoms with van der Waals surface area (Å²) in [5.74, 6) is 2.65. The maximum Gasteiger partial charge on any atom is 0.213 e. The van der Waals surface area contributed by atoms with Crippen LogP contribution in [0.2, 0.25) is 0 Å². The third kappa shape index (κ3) is 1.99. The van der Waals surface area contributed by atoms with Crippen molar-refractivity contribution in [2.45, 2.75) is 38.2 Å². The molecule has 1 aromatic heterocycles. The van der Waals surface area contributed by atoms with Crippen molar-refractivity contribution in [1.29, 1.82) is 0 Å². The smallest absolute Gasteiger partial charge is 0.213 e. The Morgan fingerprint density at radius 2 is 1.87 bits per heavy atom. The Hall–Kier alpha value is -1.05. The Kier molecular flexibility index (Phi) is 2.35. The average Bonchev–Trinajstić information content (AvgIpc) is 2.60. The lowest BCUT2D eigenvalue weighted by molar-refractivity contribution is 0.114. The van der Waals surface area contributed by atoms with Gasteiger partial charge in [0, 0.05) is 12.3 Å². The molecular weight excluding hydrogens is 186 g/mol. The number of nitrogens with zero attached hydrogens (tertiary/aromatic N) is 1. The Bertz CT molecular complexity index is 313. The lowest BCUT2D eigenvalue weighted by atomic mass is 9.87. The maximum atomic E-state index is 5.93. The number of ether oxygens (including phenoxy) is 1. The van der Waals surface area contributed by atoms with Crippen LogP contribution in [0.25, 0.3) is 0 Å². The van der Waals surface area contributed by atoms with Gasteiger partial charge in [0.05, 0.1) is 0 Å². The van der Waals surface area contributed by atoms with Crippen molar-refractivity contribution in [1.82, 2.24) is 4.98 Å². The lowest BCUT2D eigenvalue weighted by Gasteiger charge is -2.27. The van der Waals surface area contributed by atoms with Gasteiger partial charge in [0.15, 0.2) is 0 Å². The van der Waals surface area contributed by atoms with Crippen LogP contribution < -0.4 is 4.74 Å². The van der Waals surface area contributed by atoms with Gasteiger partial charge in [-0.25, -0.2) is 4.98 Å². The van der Waals surface area contributed by atoms with Crippen molar-refractivity contribution in [2.75, 3.05) is 0 Å². The minimum absolute atomic E-state index is 0.422. The third-order valence-electron chi connectivity index (χ3n) is 3.77. The molecule has 1 heterocycles. The molecule has 15 heavy (non-hydrogen) atoms. The van der Waals surface area contributed by atoms with E-state index in [4.69, 9.17) is 4.74 Å². The highest BCUT2D eigenvalue weighted by atomic mass is 16.5. The zero-order chi connectivity index (χ0) is 10.1. The summed E-state index contributed by atoms with van der Waals surface area (Å²) in [6.45, 7) is 0. The van der Waals surface area contributed by atoms with Crippen LogP contribution in [0.15, 0.2) is 24.4 Å². The van der Waals surface area contributed by atoms with Crippen LogP contribution in [0.4, 0.5) is 0 Å². The minimum atomic E-state index is 0.422. The summed E-state index contributed by atoms with van der Waals surface area (Å²) in [6.07, 6.45) is 9.00. The molecule has 2 aliphatic rings. The normalized spacial score (nSPS) is 34.0. The van der Waals surface area contributed by atoms with Crippen LogP contribution >= 0.6 is 0 Å². The second-order valence-corrected chi connectivity index (χ2v) is 4.92. The highest BCUT2D eigenvalue weighted by Crippen LogP contribution is 2.42. The standard InChI is InChI=1S/C13H17NO/c1-2-6-14-13(3-1)15-12-8-10-4-5-11(7-10)9-12/h1-3,6,10-12H,4-5,7-9H2/t10-,11+,12-. The molecule has 0 amide bonds. The number of aromatic nitrogens is 1. The molecule has 0 radical (unpaired) electrons. The second-order valence-electron chi connectivity index (χ2n) is 4.92. The molecule has 0 saturated heterocycles. The van der Waals surface area contributed by atoms with Gasteiger partial charge in [-0.1, -0.05) is 18.9 Å². The number of fused-ring (bicyclic) bond motifs is 2. The summed E-state index contributed by atoms with van der Waals surface area (Å²) in [5.41, 5.74) is 0. The first kappa shape index (κ1) is 9.20. The molecule has 80 valence electrons. The topological polar surface area (TPSA) is 22.1 Å². The fraction of sp³-hybridized carbons (Fsp3) is 0.615. The fourth-order valence-corrected chi connectivity index (χ4v) is 3.13. The highest BCUT2D eigenvalue weighted by Gasteiger charge is 2.35. The largest absolute Gasteiger partial charge is 0.474 e. The van der Waals surface area contributed by atoms with E-state index in [1.165, 1.54) is 32.1 Å². The van der Waals surface area contributed by atoms with Gasteiger partial charge >= 0.3 is 0 Å². The highest BCUT2D eigenvalue weighted by molar-refractivity contribution is 5.10. The van der Waals surface area contributed by atoms with E-state index in [-0.39, 0.29) is 0 Å². The van der Waals surface area contributed by atoms with E-state index >= 15 is 0 Å². The molecule has 2 fully saturated rings. The first-order valence-electron chi connectivity index (χ1n) is 5.98. The third-order valence-corrected chi connectivity index (χ3v) is 3.77. The van der Waals surface area contributed by atoms with E-state index in [0.717, 1.165) is 17.7 Å². The van der Waals surface area contributed by atoms with Gasteiger partial charge in [-0.15, -0.1) is 0 Å². The van der Waals surface area contributed by atoms with Gasteiger partial charge in [-0.3, -0.25) is 0 Å². The molecule has 3 rings (SSSR count). The van der Waals surface area contributed by atoms with Crippen LogP contribution in [-0.2, 0) is 0 Å². The molecule has 1 aromatic rings. The Labute approximate surface area is 90.7 Å². The Morgan fingerprint density at radius 3 is 2.53 bits per heavy atom. The number of hydrogen-bond acceptors (Lipinski definition) is 2. The van der Waals surface area contributed by atoms with Gasteiger partial charge in [-0.2, -0.15) is 0 Å². The zero-order valence-corrected chi connectivity index (χ0v) is 8.93. The molecule has 0 aliphatic heterocycles. The maximum absolute atomic E-state index is 5.93. The van der Waals surface area contributed by atoms with Gasteiger partial charge in [0.2, 0.25) is 5.88 Å². The monoisotopic (exact) mass is 203 g/mol. The summed E-state index contributed by atoms with van der Waals surface area (Å²) < 4.78 is 5.93. The molecule has 2 saturated carbocycles. The van der Waals surface area contributed by atoms with E-state index in [1.54, 1.807) is 6.20 Å². The Morgan fingerprint density at radius 1 is 1.07 bits per heavy atom.